The summed E-state index contributed by atoms with van der Waals surface area (Å²) in [5, 5.41) is 13.4. The molecule has 1 fully saturated rings. The normalized spacial score (nSPS) is 18.0. The minimum atomic E-state index is -0.0827. The van der Waals surface area contributed by atoms with Crippen LogP contribution in [-0.4, -0.2) is 31.5 Å². The Labute approximate surface area is 157 Å². The van der Waals surface area contributed by atoms with E-state index in [0.717, 1.165) is 0 Å². The third kappa shape index (κ3) is 8.14. The lowest BCUT2D eigenvalue weighted by Crippen LogP contribution is -2.48. The van der Waals surface area contributed by atoms with Crippen molar-refractivity contribution in [3.05, 3.63) is 0 Å². The number of nitrogens with one attached hydrogen (secondary N) is 1. The van der Waals surface area contributed by atoms with Crippen molar-refractivity contribution in [2.24, 2.45) is 0 Å². The smallest absolute Gasteiger partial charge is 0.279 e. The third-order valence-corrected chi connectivity index (χ3v) is 5.67. The second kappa shape index (κ2) is 10.6. The van der Waals surface area contributed by atoms with Crippen LogP contribution in [0.25, 0.3) is 0 Å². The van der Waals surface area contributed by atoms with Gasteiger partial charge < -0.3 is 10.1 Å². The molecule has 1 unspecified atom stereocenters. The molecule has 0 aromatic heterocycles. The summed E-state index contributed by atoms with van der Waals surface area (Å²) < 4.78 is 6.13. The molecule has 4 heteroatoms. The van der Waals surface area contributed by atoms with Gasteiger partial charge in [-0.1, -0.05) is 65.7 Å². The van der Waals surface area contributed by atoms with E-state index in [9.17, 15) is 5.26 Å². The molecule has 0 radical (unpaired) electrons. The fourth-order valence-corrected chi connectivity index (χ4v) is 4.34. The lowest BCUT2D eigenvalue weighted by Gasteiger charge is -2.36. The zero-order chi connectivity index (χ0) is 18.9. The number of hydrogen-bond donors (Lipinski definition) is 1. The highest BCUT2D eigenvalue weighted by Gasteiger charge is 2.41. The van der Waals surface area contributed by atoms with Gasteiger partial charge in [0.05, 0.1) is 6.61 Å². The van der Waals surface area contributed by atoms with Crippen LogP contribution in [0.3, 0.4) is 0 Å². The molecular weight excluding hydrogens is 307 g/mol. The Morgan fingerprint density at radius 1 is 1.16 bits per heavy atom. The summed E-state index contributed by atoms with van der Waals surface area (Å²) in [6.07, 6.45) is 10.1. The highest BCUT2D eigenvalue weighted by molar-refractivity contribution is 6.71. The number of ether oxygens (including phenoxy) is 1. The number of unbranched alkanes of at least 4 members (excludes halogenated alkanes) is 1. The van der Waals surface area contributed by atoms with Crippen LogP contribution in [0.5, 0.6) is 0 Å². The molecule has 0 aliphatic heterocycles. The van der Waals surface area contributed by atoms with Gasteiger partial charge in [-0.05, 0) is 38.3 Å². The van der Waals surface area contributed by atoms with Gasteiger partial charge in [-0.25, -0.2) is 5.26 Å². The van der Waals surface area contributed by atoms with Gasteiger partial charge in [-0.15, -0.1) is 0 Å². The van der Waals surface area contributed by atoms with Crippen LogP contribution in [0.4, 0.5) is 0 Å². The molecule has 1 aliphatic rings. The first-order valence-corrected chi connectivity index (χ1v) is 10.5. The number of rotatable bonds is 11. The molecule has 0 bridgehead atoms. The van der Waals surface area contributed by atoms with E-state index in [1.807, 2.05) is 0 Å². The van der Waals surface area contributed by atoms with Crippen LogP contribution in [0.1, 0.15) is 92.9 Å². The van der Waals surface area contributed by atoms with E-state index in [-0.39, 0.29) is 17.6 Å². The largest absolute Gasteiger partial charge is 0.380 e. The molecule has 1 saturated carbocycles. The number of nitriles is 1. The molecule has 1 aliphatic carbocycles. The van der Waals surface area contributed by atoms with Gasteiger partial charge in [0.15, 0.2) is 0 Å². The van der Waals surface area contributed by atoms with Crippen molar-refractivity contribution in [1.82, 2.24) is 5.32 Å². The Bertz CT molecular complexity index is 411. The second-order valence-electron chi connectivity index (χ2n) is 9.56. The summed E-state index contributed by atoms with van der Waals surface area (Å²) in [5.74, 6) is 3.17. The molecule has 0 aromatic carbocycles. The van der Waals surface area contributed by atoms with Crippen LogP contribution in [-0.2, 0) is 4.74 Å². The molecule has 0 saturated heterocycles. The molecule has 0 heterocycles. The fourth-order valence-electron chi connectivity index (χ4n) is 4.34. The Morgan fingerprint density at radius 2 is 1.80 bits per heavy atom. The van der Waals surface area contributed by atoms with Crippen molar-refractivity contribution in [1.29, 1.82) is 5.26 Å². The van der Waals surface area contributed by atoms with Crippen molar-refractivity contribution >= 4 is 6.71 Å². The predicted octanol–water partition coefficient (Wildman–Crippen LogP) is 5.62. The van der Waals surface area contributed by atoms with Crippen molar-refractivity contribution in [3.8, 4) is 5.97 Å². The average molecular weight is 348 g/mol. The minimum absolute atomic E-state index is 0.0315. The van der Waals surface area contributed by atoms with Gasteiger partial charge in [0.1, 0.15) is 0 Å². The van der Waals surface area contributed by atoms with Gasteiger partial charge in [0.2, 0.25) is 0 Å². The molecular formula is C21H41BN2O. The SMILES string of the molecule is CCCCC(C)NC(C)(C)COCC(C)(C)B(C#N)C1CCCCC1. The van der Waals surface area contributed by atoms with Crippen molar-refractivity contribution in [3.63, 3.8) is 0 Å². The molecule has 25 heavy (non-hydrogen) atoms. The van der Waals surface area contributed by atoms with Gasteiger partial charge in [-0.3, -0.25) is 0 Å². The Balaban J connectivity index is 2.46. The second-order valence-corrected chi connectivity index (χ2v) is 9.56. The van der Waals surface area contributed by atoms with E-state index in [1.165, 1.54) is 51.4 Å². The zero-order valence-electron chi connectivity index (χ0n) is 17.7. The highest BCUT2D eigenvalue weighted by atomic mass is 16.5. The van der Waals surface area contributed by atoms with Crippen LogP contribution < -0.4 is 5.32 Å². The van der Waals surface area contributed by atoms with Crippen molar-refractivity contribution < 1.29 is 4.74 Å². The minimum Gasteiger partial charge on any atom is -0.380 e. The zero-order valence-corrected chi connectivity index (χ0v) is 17.7. The van der Waals surface area contributed by atoms with Gasteiger partial charge >= 0.3 is 0 Å². The average Bonchev–Trinajstić information content (AvgIpc) is 2.53. The highest BCUT2D eigenvalue weighted by Crippen LogP contribution is 2.41. The van der Waals surface area contributed by atoms with E-state index in [4.69, 9.17) is 4.74 Å². The summed E-state index contributed by atoms with van der Waals surface area (Å²) in [7, 11) is 0. The van der Waals surface area contributed by atoms with Crippen molar-refractivity contribution in [2.45, 2.75) is 116 Å². The quantitative estimate of drug-likeness (QED) is 0.493. The summed E-state index contributed by atoms with van der Waals surface area (Å²) in [6.45, 7) is 14.8. The molecule has 1 N–H and O–H groups in total. The monoisotopic (exact) mass is 348 g/mol. The maximum absolute atomic E-state index is 9.76. The number of hydrogen-bond acceptors (Lipinski definition) is 3. The Hall–Kier alpha value is -0.525. The predicted molar refractivity (Wildman–Crippen MR) is 109 cm³/mol. The summed E-state index contributed by atoms with van der Waals surface area (Å²) in [4.78, 5) is 0. The lowest BCUT2D eigenvalue weighted by atomic mass is 9.28. The van der Waals surface area contributed by atoms with E-state index in [1.54, 1.807) is 0 Å². The molecule has 0 spiro atoms. The van der Waals surface area contributed by atoms with Crippen LogP contribution in [0.15, 0.2) is 0 Å². The molecule has 0 aromatic rings. The van der Waals surface area contributed by atoms with E-state index < -0.39 is 0 Å². The van der Waals surface area contributed by atoms with Crippen LogP contribution in [0.2, 0.25) is 11.1 Å². The lowest BCUT2D eigenvalue weighted by molar-refractivity contribution is 0.0631. The first-order chi connectivity index (χ1) is 11.7. The first-order valence-electron chi connectivity index (χ1n) is 10.5. The Kier molecular flexibility index (Phi) is 9.53. The molecule has 1 atom stereocenters. The third-order valence-electron chi connectivity index (χ3n) is 5.67. The maximum atomic E-state index is 9.76. The van der Waals surface area contributed by atoms with E-state index in [0.29, 0.717) is 25.1 Å². The summed E-state index contributed by atoms with van der Waals surface area (Å²) in [5.41, 5.74) is -0.0315. The topological polar surface area (TPSA) is 45.0 Å². The summed E-state index contributed by atoms with van der Waals surface area (Å²) >= 11 is 0. The Morgan fingerprint density at radius 3 is 2.36 bits per heavy atom. The number of nitrogens with zero attached hydrogens (tertiary/aromatic N) is 1. The van der Waals surface area contributed by atoms with Crippen LogP contribution in [0, 0.1) is 11.2 Å². The summed E-state index contributed by atoms with van der Waals surface area (Å²) in [6, 6.07) is 0.514. The molecule has 144 valence electrons. The molecule has 1 rings (SSSR count). The maximum Gasteiger partial charge on any atom is 0.279 e. The fraction of sp³-hybridized carbons (Fsp3) is 0.952. The van der Waals surface area contributed by atoms with E-state index in [2.05, 4.69) is 52.8 Å². The van der Waals surface area contributed by atoms with Gasteiger partial charge in [0, 0.05) is 24.2 Å². The van der Waals surface area contributed by atoms with Gasteiger partial charge in [0.25, 0.3) is 6.71 Å². The first kappa shape index (κ1) is 22.5. The van der Waals surface area contributed by atoms with Crippen LogP contribution >= 0.6 is 0 Å². The molecule has 3 nitrogen and oxygen atoms in total. The standard InChI is InChI=1S/C21H41BN2O/c1-7-8-12-18(2)24-21(5,6)16-25-15-20(3,4)22(17-23)19-13-10-9-11-14-19/h18-19,24H,7-16H2,1-6H3. The van der Waals surface area contributed by atoms with E-state index >= 15 is 0 Å². The van der Waals surface area contributed by atoms with Crippen molar-refractivity contribution in [2.75, 3.05) is 13.2 Å². The molecule has 0 amide bonds. The van der Waals surface area contributed by atoms with Gasteiger partial charge in [-0.2, -0.15) is 0 Å².